The quantitative estimate of drug-likeness (QED) is 0.286. The highest BCUT2D eigenvalue weighted by molar-refractivity contribution is 5.93. The number of amides is 2. The molecular formula is C27H25F3N4O6. The van der Waals surface area contributed by atoms with Crippen LogP contribution in [0.4, 0.5) is 24.5 Å². The van der Waals surface area contributed by atoms with Crippen molar-refractivity contribution >= 4 is 29.0 Å². The minimum Gasteiger partial charge on any atom is -0.344 e. The average Bonchev–Trinajstić information content (AvgIpc) is 2.89. The van der Waals surface area contributed by atoms with Crippen LogP contribution in [-0.2, 0) is 27.3 Å². The summed E-state index contributed by atoms with van der Waals surface area (Å²) in [5.41, 5.74) is 0.0412. The van der Waals surface area contributed by atoms with Crippen LogP contribution in [0.2, 0.25) is 0 Å². The number of aromatic nitrogens is 1. The first-order chi connectivity index (χ1) is 18.8. The van der Waals surface area contributed by atoms with Crippen molar-refractivity contribution in [1.29, 1.82) is 0 Å². The fourth-order valence-corrected chi connectivity index (χ4v) is 3.88. The summed E-state index contributed by atoms with van der Waals surface area (Å²) in [6, 6.07) is 14.6. The molecule has 10 nitrogen and oxygen atoms in total. The van der Waals surface area contributed by atoms with E-state index in [9.17, 15) is 42.5 Å². The van der Waals surface area contributed by atoms with Gasteiger partial charge in [0.1, 0.15) is 12.2 Å². The molecule has 1 atom stereocenters. The Morgan fingerprint density at radius 1 is 0.950 bits per heavy atom. The highest BCUT2D eigenvalue weighted by Gasteiger charge is 2.45. The molecule has 0 saturated carbocycles. The monoisotopic (exact) mass is 558 g/mol. The van der Waals surface area contributed by atoms with Crippen LogP contribution in [0, 0.1) is 16.0 Å². The van der Waals surface area contributed by atoms with Crippen molar-refractivity contribution in [3.05, 3.63) is 92.8 Å². The van der Waals surface area contributed by atoms with E-state index >= 15 is 0 Å². The Hall–Kier alpha value is -4.81. The van der Waals surface area contributed by atoms with E-state index < -0.39 is 52.8 Å². The van der Waals surface area contributed by atoms with Crippen LogP contribution in [0.1, 0.15) is 19.4 Å². The summed E-state index contributed by atoms with van der Waals surface area (Å²) in [6.45, 7) is 1.96. The molecule has 210 valence electrons. The number of hydrogen-bond acceptors (Lipinski definition) is 6. The zero-order chi connectivity index (χ0) is 29.6. The fourth-order valence-electron chi connectivity index (χ4n) is 3.88. The summed E-state index contributed by atoms with van der Waals surface area (Å²) in [5.74, 6) is -4.62. The number of halogens is 3. The average molecular weight is 559 g/mol. The first-order valence-corrected chi connectivity index (χ1v) is 12.0. The minimum atomic E-state index is -5.16. The number of hydrogen-bond donors (Lipinski definition) is 2. The second kappa shape index (κ2) is 12.4. The number of carbonyl (C=O) groups excluding carboxylic acids is 3. The molecule has 13 heteroatoms. The lowest BCUT2D eigenvalue weighted by atomic mass is 9.99. The number of pyridine rings is 1. The van der Waals surface area contributed by atoms with E-state index in [-0.39, 0.29) is 23.5 Å². The van der Waals surface area contributed by atoms with Gasteiger partial charge in [-0.15, -0.1) is 0 Å². The van der Waals surface area contributed by atoms with E-state index in [2.05, 4.69) is 10.6 Å². The summed E-state index contributed by atoms with van der Waals surface area (Å²) in [6.07, 6.45) is -5.38. The Balaban J connectivity index is 1.89. The van der Waals surface area contributed by atoms with Gasteiger partial charge in [0.05, 0.1) is 23.1 Å². The third kappa shape index (κ3) is 7.40. The molecule has 2 aromatic carbocycles. The second-order valence-electron chi connectivity index (χ2n) is 9.19. The standard InChI is InChI=1S/C27H25F3N4O6/c1-16(2)24(25(37)27(28,29)30)32-23(36)15-33-21(18-6-4-3-5-7-18)13-12-20(26(33)38)31-22(35)14-17-8-10-19(11-9-17)34(39)40/h3-13,16,24H,14-15H2,1-2H3,(H,31,35)(H,32,36). The van der Waals surface area contributed by atoms with E-state index in [4.69, 9.17) is 0 Å². The van der Waals surface area contributed by atoms with Crippen LogP contribution in [0.15, 0.2) is 71.5 Å². The van der Waals surface area contributed by atoms with E-state index in [1.807, 2.05) is 0 Å². The molecule has 40 heavy (non-hydrogen) atoms. The Bertz CT molecular complexity index is 1470. The van der Waals surface area contributed by atoms with Crippen LogP contribution in [-0.4, -0.2) is 39.3 Å². The molecule has 0 aliphatic carbocycles. The Kier molecular flexibility index (Phi) is 9.19. The number of Topliss-reactive ketones (excluding diaryl/α,β-unsaturated/α-hetero) is 1. The number of rotatable bonds is 10. The van der Waals surface area contributed by atoms with Crippen molar-refractivity contribution in [1.82, 2.24) is 9.88 Å². The minimum absolute atomic E-state index is 0.154. The smallest absolute Gasteiger partial charge is 0.344 e. The summed E-state index contributed by atoms with van der Waals surface area (Å²) in [4.78, 5) is 60.9. The molecule has 3 rings (SSSR count). The number of carbonyl (C=O) groups is 3. The molecule has 1 aromatic heterocycles. The first kappa shape index (κ1) is 29.7. The number of ketones is 1. The number of nitro benzene ring substituents is 1. The molecule has 0 aliphatic heterocycles. The SMILES string of the molecule is CC(C)C(NC(=O)Cn1c(-c2ccccc2)ccc(NC(=O)Cc2ccc([N+](=O)[O-])cc2)c1=O)C(=O)C(F)(F)F. The van der Waals surface area contributed by atoms with Crippen molar-refractivity contribution in [2.24, 2.45) is 5.92 Å². The Morgan fingerprint density at radius 2 is 1.57 bits per heavy atom. The molecule has 0 fully saturated rings. The van der Waals surface area contributed by atoms with Crippen molar-refractivity contribution in [3.8, 4) is 11.3 Å². The van der Waals surface area contributed by atoms with Crippen molar-refractivity contribution in [2.75, 3.05) is 5.32 Å². The third-order valence-corrected chi connectivity index (χ3v) is 5.88. The van der Waals surface area contributed by atoms with Gasteiger partial charge in [-0.25, -0.2) is 0 Å². The fraction of sp³-hybridized carbons (Fsp3) is 0.259. The summed E-state index contributed by atoms with van der Waals surface area (Å²) in [5, 5.41) is 15.3. The van der Waals surface area contributed by atoms with Gasteiger partial charge < -0.3 is 10.6 Å². The number of non-ortho nitro benzene ring substituents is 1. The summed E-state index contributed by atoms with van der Waals surface area (Å²) < 4.78 is 40.1. The van der Waals surface area contributed by atoms with Crippen LogP contribution in [0.25, 0.3) is 11.3 Å². The van der Waals surface area contributed by atoms with Crippen LogP contribution < -0.4 is 16.2 Å². The molecule has 2 N–H and O–H groups in total. The lowest BCUT2D eigenvalue weighted by Crippen LogP contribution is -2.50. The van der Waals surface area contributed by atoms with Crippen LogP contribution in [0.3, 0.4) is 0 Å². The van der Waals surface area contributed by atoms with Crippen molar-refractivity contribution in [2.45, 2.75) is 39.0 Å². The van der Waals surface area contributed by atoms with Crippen LogP contribution >= 0.6 is 0 Å². The van der Waals surface area contributed by atoms with E-state index in [0.717, 1.165) is 4.57 Å². The number of anilines is 1. The normalized spacial score (nSPS) is 12.1. The van der Waals surface area contributed by atoms with Crippen molar-refractivity contribution < 1.29 is 32.5 Å². The highest BCUT2D eigenvalue weighted by atomic mass is 19.4. The van der Waals surface area contributed by atoms with Gasteiger partial charge in [-0.05, 0) is 29.2 Å². The maximum absolute atomic E-state index is 13.4. The maximum atomic E-state index is 13.4. The molecule has 3 aromatic rings. The first-order valence-electron chi connectivity index (χ1n) is 12.0. The number of alkyl halides is 3. The van der Waals surface area contributed by atoms with Gasteiger partial charge in [-0.3, -0.25) is 33.9 Å². The number of benzene rings is 2. The highest BCUT2D eigenvalue weighted by Crippen LogP contribution is 2.22. The van der Waals surface area contributed by atoms with E-state index in [1.165, 1.54) is 50.2 Å². The molecule has 0 spiro atoms. The lowest BCUT2D eigenvalue weighted by Gasteiger charge is -2.23. The van der Waals surface area contributed by atoms with Gasteiger partial charge in [0.25, 0.3) is 17.0 Å². The zero-order valence-corrected chi connectivity index (χ0v) is 21.4. The Labute approximate surface area is 226 Å². The third-order valence-electron chi connectivity index (χ3n) is 5.88. The molecule has 0 bridgehead atoms. The largest absolute Gasteiger partial charge is 0.452 e. The lowest BCUT2D eigenvalue weighted by molar-refractivity contribution is -0.384. The summed E-state index contributed by atoms with van der Waals surface area (Å²) >= 11 is 0. The van der Waals surface area contributed by atoms with E-state index in [1.54, 1.807) is 30.3 Å². The van der Waals surface area contributed by atoms with E-state index in [0.29, 0.717) is 11.1 Å². The topological polar surface area (TPSA) is 140 Å². The molecule has 2 amide bonds. The predicted octanol–water partition coefficient (Wildman–Crippen LogP) is 3.88. The van der Waals surface area contributed by atoms with Gasteiger partial charge >= 0.3 is 6.18 Å². The van der Waals surface area contributed by atoms with Gasteiger partial charge in [0.2, 0.25) is 11.8 Å². The predicted molar refractivity (Wildman–Crippen MR) is 139 cm³/mol. The van der Waals surface area contributed by atoms with Gasteiger partial charge in [0, 0.05) is 12.1 Å². The molecule has 0 aliphatic rings. The summed E-state index contributed by atoms with van der Waals surface area (Å²) in [7, 11) is 0. The number of nitrogens with one attached hydrogen (secondary N) is 2. The van der Waals surface area contributed by atoms with Crippen molar-refractivity contribution in [3.63, 3.8) is 0 Å². The van der Waals surface area contributed by atoms with Crippen LogP contribution in [0.5, 0.6) is 0 Å². The molecule has 1 heterocycles. The number of nitrogens with zero attached hydrogens (tertiary/aromatic N) is 2. The molecule has 0 saturated heterocycles. The maximum Gasteiger partial charge on any atom is 0.452 e. The molecular weight excluding hydrogens is 533 g/mol. The van der Waals surface area contributed by atoms with Gasteiger partial charge in [-0.2, -0.15) is 13.2 Å². The van der Waals surface area contributed by atoms with Gasteiger partial charge in [0.15, 0.2) is 0 Å². The van der Waals surface area contributed by atoms with Gasteiger partial charge in [-0.1, -0.05) is 56.3 Å². The Morgan fingerprint density at radius 3 is 2.12 bits per heavy atom. The number of nitro groups is 1. The zero-order valence-electron chi connectivity index (χ0n) is 21.4. The molecule has 0 radical (unpaired) electrons. The second-order valence-corrected chi connectivity index (χ2v) is 9.19. The molecule has 1 unspecified atom stereocenters.